The number of aliphatic hydroxyl groups is 1. The molecule has 0 aliphatic carbocycles. The lowest BCUT2D eigenvalue weighted by Gasteiger charge is -2.11. The second kappa shape index (κ2) is 10.8. The molecule has 2 N–H and O–H groups in total. The lowest BCUT2D eigenvalue weighted by Crippen LogP contribution is -2.33. The minimum absolute atomic E-state index is 0.143. The van der Waals surface area contributed by atoms with Crippen LogP contribution in [0.3, 0.4) is 0 Å². The van der Waals surface area contributed by atoms with Crippen molar-refractivity contribution in [2.75, 3.05) is 6.54 Å². The van der Waals surface area contributed by atoms with Crippen LogP contribution in [0.15, 0.2) is 60.7 Å². The largest absolute Gasteiger partial charge is 0.489 e. The van der Waals surface area contributed by atoms with Gasteiger partial charge in [-0.2, -0.15) is 0 Å². The predicted molar refractivity (Wildman–Crippen MR) is 135 cm³/mol. The molecule has 0 spiro atoms. The van der Waals surface area contributed by atoms with E-state index in [-0.39, 0.29) is 24.2 Å². The summed E-state index contributed by atoms with van der Waals surface area (Å²) in [7, 11) is 0. The number of carbonyl (C=O) groups is 2. The number of esters is 2. The van der Waals surface area contributed by atoms with Crippen molar-refractivity contribution in [3.05, 3.63) is 88.3 Å². The number of ether oxygens (including phenoxy) is 2. The van der Waals surface area contributed by atoms with Crippen molar-refractivity contribution < 1.29 is 33.0 Å². The first-order valence-electron chi connectivity index (χ1n) is 11.8. The van der Waals surface area contributed by atoms with Gasteiger partial charge >= 0.3 is 11.9 Å². The molecule has 37 heavy (non-hydrogen) atoms. The van der Waals surface area contributed by atoms with Gasteiger partial charge in [-0.3, -0.25) is 0 Å². The summed E-state index contributed by atoms with van der Waals surface area (Å²) in [6.07, 6.45) is 1.52. The van der Waals surface area contributed by atoms with Crippen LogP contribution < -0.4 is 10.1 Å². The van der Waals surface area contributed by atoms with Gasteiger partial charge in [0.1, 0.15) is 18.4 Å². The lowest BCUT2D eigenvalue weighted by molar-refractivity contribution is -0.139. The molecule has 1 aliphatic heterocycles. The van der Waals surface area contributed by atoms with Gasteiger partial charge in [-0.25, -0.2) is 18.4 Å². The Labute approximate surface area is 215 Å². The van der Waals surface area contributed by atoms with Gasteiger partial charge in [-0.1, -0.05) is 24.3 Å². The zero-order valence-corrected chi connectivity index (χ0v) is 20.4. The summed E-state index contributed by atoms with van der Waals surface area (Å²) in [4.78, 5) is 25.0. The minimum Gasteiger partial charge on any atom is -0.489 e. The molecule has 190 valence electrons. The highest BCUT2D eigenvalue weighted by Gasteiger charge is 2.26. The first kappa shape index (κ1) is 25.0. The molecule has 1 atom stereocenters. The maximum absolute atomic E-state index is 14.3. The standard InChI is InChI=1S/C28H23F2NO5S/c29-23-13-21(26-22(25(23)30)12-20(14-32)37-26)17-6-8-19(9-7-17)35-15-16-3-1-4-18(11-16)27(33)36-28(34)24-5-2-10-31-24/h1,3-4,6-9,11-13,24,31-32H,2,5,10,14-15H2/t24-/m0/s1. The molecule has 9 heteroatoms. The molecule has 4 aromatic rings. The highest BCUT2D eigenvalue weighted by Crippen LogP contribution is 2.38. The number of nitrogens with one attached hydrogen (secondary N) is 1. The van der Waals surface area contributed by atoms with Crippen LogP contribution in [0, 0.1) is 11.6 Å². The van der Waals surface area contributed by atoms with Crippen molar-refractivity contribution in [2.45, 2.75) is 32.1 Å². The van der Waals surface area contributed by atoms with Crippen LogP contribution in [0.25, 0.3) is 21.2 Å². The van der Waals surface area contributed by atoms with Gasteiger partial charge in [0.05, 0.1) is 12.2 Å². The Morgan fingerprint density at radius 3 is 2.62 bits per heavy atom. The summed E-state index contributed by atoms with van der Waals surface area (Å²) < 4.78 is 39.9. The third-order valence-electron chi connectivity index (χ3n) is 6.17. The fourth-order valence-corrected chi connectivity index (χ4v) is 5.32. The Bertz CT molecular complexity index is 1460. The predicted octanol–water partition coefficient (Wildman–Crippen LogP) is 5.35. The van der Waals surface area contributed by atoms with Crippen molar-refractivity contribution >= 4 is 33.4 Å². The number of hydrogen-bond donors (Lipinski definition) is 2. The Kier molecular flexibility index (Phi) is 7.27. The van der Waals surface area contributed by atoms with E-state index in [0.717, 1.165) is 19.0 Å². The van der Waals surface area contributed by atoms with E-state index in [1.165, 1.54) is 17.4 Å². The maximum atomic E-state index is 14.3. The zero-order valence-electron chi connectivity index (χ0n) is 19.6. The fourth-order valence-electron chi connectivity index (χ4n) is 4.27. The monoisotopic (exact) mass is 523 g/mol. The highest BCUT2D eigenvalue weighted by atomic mass is 32.1. The molecule has 0 bridgehead atoms. The molecule has 1 saturated heterocycles. The van der Waals surface area contributed by atoms with E-state index < -0.39 is 29.6 Å². The van der Waals surface area contributed by atoms with E-state index in [4.69, 9.17) is 9.47 Å². The lowest BCUT2D eigenvalue weighted by atomic mass is 10.0. The quantitative estimate of drug-likeness (QED) is 0.251. The SMILES string of the molecule is O=C(OC(=O)[C@@H]1CCCN1)c1cccc(COc2ccc(-c3cc(F)c(F)c4cc(CO)sc34)cc2)c1. The fraction of sp³-hybridized carbons (Fsp3) is 0.214. The van der Waals surface area contributed by atoms with Crippen LogP contribution >= 0.6 is 11.3 Å². The van der Waals surface area contributed by atoms with Crippen molar-refractivity contribution in [2.24, 2.45) is 0 Å². The smallest absolute Gasteiger partial charge is 0.345 e. The third kappa shape index (κ3) is 5.39. The molecule has 1 aromatic heterocycles. The Morgan fingerprint density at radius 2 is 1.89 bits per heavy atom. The van der Waals surface area contributed by atoms with Crippen LogP contribution in [0.5, 0.6) is 5.75 Å². The topological polar surface area (TPSA) is 84.9 Å². The molecule has 0 amide bonds. The summed E-state index contributed by atoms with van der Waals surface area (Å²) in [6.45, 7) is 0.643. The summed E-state index contributed by atoms with van der Waals surface area (Å²) in [6, 6.07) is 15.8. The van der Waals surface area contributed by atoms with Crippen LogP contribution in [-0.4, -0.2) is 29.6 Å². The molecule has 0 radical (unpaired) electrons. The molecule has 2 heterocycles. The van der Waals surface area contributed by atoms with E-state index in [9.17, 15) is 23.5 Å². The van der Waals surface area contributed by atoms with Gasteiger partial charge in [0.25, 0.3) is 0 Å². The maximum Gasteiger partial charge on any atom is 0.345 e. The Morgan fingerprint density at radius 1 is 1.08 bits per heavy atom. The molecule has 0 saturated carbocycles. The number of halogens is 2. The highest BCUT2D eigenvalue weighted by molar-refractivity contribution is 7.19. The van der Waals surface area contributed by atoms with E-state index in [1.807, 2.05) is 0 Å². The molecular formula is C28H23F2NO5S. The molecule has 5 rings (SSSR count). The van der Waals surface area contributed by atoms with Crippen molar-refractivity contribution in [1.29, 1.82) is 0 Å². The van der Waals surface area contributed by atoms with Crippen molar-refractivity contribution in [3.8, 4) is 16.9 Å². The second-order valence-corrected chi connectivity index (χ2v) is 9.84. The second-order valence-electron chi connectivity index (χ2n) is 8.70. The average Bonchev–Trinajstić information content (AvgIpc) is 3.61. The number of benzene rings is 3. The van der Waals surface area contributed by atoms with E-state index in [2.05, 4.69) is 5.32 Å². The molecule has 0 unspecified atom stereocenters. The molecule has 3 aromatic carbocycles. The van der Waals surface area contributed by atoms with Crippen LogP contribution in [0.1, 0.15) is 33.6 Å². The van der Waals surface area contributed by atoms with E-state index in [0.29, 0.717) is 38.4 Å². The van der Waals surface area contributed by atoms with Crippen molar-refractivity contribution in [1.82, 2.24) is 5.32 Å². The van der Waals surface area contributed by atoms with E-state index in [1.54, 1.807) is 48.5 Å². The average molecular weight is 524 g/mol. The minimum atomic E-state index is -0.954. The van der Waals surface area contributed by atoms with Gasteiger partial charge in [0.15, 0.2) is 11.6 Å². The summed E-state index contributed by atoms with van der Waals surface area (Å²) in [5.74, 6) is -2.62. The number of aliphatic hydroxyl groups excluding tert-OH is 1. The summed E-state index contributed by atoms with van der Waals surface area (Å²) in [5.41, 5.74) is 2.17. The van der Waals surface area contributed by atoms with Crippen LogP contribution in [0.4, 0.5) is 8.78 Å². The van der Waals surface area contributed by atoms with Crippen LogP contribution in [0.2, 0.25) is 0 Å². The molecular weight excluding hydrogens is 500 g/mol. The number of hydrogen-bond acceptors (Lipinski definition) is 7. The van der Waals surface area contributed by atoms with Gasteiger partial charge in [0.2, 0.25) is 0 Å². The van der Waals surface area contributed by atoms with E-state index >= 15 is 0 Å². The number of rotatable bonds is 7. The summed E-state index contributed by atoms with van der Waals surface area (Å²) >= 11 is 1.22. The van der Waals surface area contributed by atoms with Gasteiger partial charge in [-0.05, 0) is 66.9 Å². The van der Waals surface area contributed by atoms with Gasteiger partial charge < -0.3 is 19.9 Å². The zero-order chi connectivity index (χ0) is 25.9. The Hall–Kier alpha value is -3.66. The molecule has 1 aliphatic rings. The number of thiophene rings is 1. The first-order chi connectivity index (χ1) is 17.9. The van der Waals surface area contributed by atoms with Gasteiger partial charge in [-0.15, -0.1) is 11.3 Å². The number of fused-ring (bicyclic) bond motifs is 1. The van der Waals surface area contributed by atoms with Gasteiger partial charge in [0, 0.05) is 20.5 Å². The first-order valence-corrected chi connectivity index (χ1v) is 12.6. The Balaban J connectivity index is 1.26. The number of carbonyl (C=O) groups excluding carboxylic acids is 2. The molecule has 6 nitrogen and oxygen atoms in total. The van der Waals surface area contributed by atoms with Crippen molar-refractivity contribution in [3.63, 3.8) is 0 Å². The normalized spacial score (nSPS) is 15.2. The van der Waals surface area contributed by atoms with Crippen LogP contribution in [-0.2, 0) is 22.7 Å². The molecule has 1 fully saturated rings. The summed E-state index contributed by atoms with van der Waals surface area (Å²) in [5, 5.41) is 12.6. The third-order valence-corrected chi connectivity index (χ3v) is 7.33.